The summed E-state index contributed by atoms with van der Waals surface area (Å²) in [5, 5.41) is 2.82. The SMILES string of the molecule is CC(CC(=O)Nc1ccc(C(=O)NN)cc1)c1ccccc1. The molecule has 0 saturated carbocycles. The van der Waals surface area contributed by atoms with E-state index in [4.69, 9.17) is 5.84 Å². The Labute approximate surface area is 129 Å². The summed E-state index contributed by atoms with van der Waals surface area (Å²) < 4.78 is 0. The molecule has 0 aliphatic carbocycles. The van der Waals surface area contributed by atoms with E-state index in [1.807, 2.05) is 37.3 Å². The van der Waals surface area contributed by atoms with Gasteiger partial charge in [0.25, 0.3) is 5.91 Å². The van der Waals surface area contributed by atoms with Crippen LogP contribution in [0.1, 0.15) is 35.2 Å². The summed E-state index contributed by atoms with van der Waals surface area (Å²) in [6.45, 7) is 2.02. The molecule has 0 spiro atoms. The smallest absolute Gasteiger partial charge is 0.265 e. The first-order valence-electron chi connectivity index (χ1n) is 7.06. The molecule has 0 bridgehead atoms. The molecule has 114 valence electrons. The van der Waals surface area contributed by atoms with Crippen molar-refractivity contribution in [1.82, 2.24) is 5.43 Å². The van der Waals surface area contributed by atoms with Gasteiger partial charge in [0, 0.05) is 17.7 Å². The first-order chi connectivity index (χ1) is 10.6. The van der Waals surface area contributed by atoms with Gasteiger partial charge in [-0.2, -0.15) is 0 Å². The zero-order chi connectivity index (χ0) is 15.9. The van der Waals surface area contributed by atoms with Crippen molar-refractivity contribution in [3.8, 4) is 0 Å². The summed E-state index contributed by atoms with van der Waals surface area (Å²) in [7, 11) is 0. The fourth-order valence-electron chi connectivity index (χ4n) is 2.18. The number of carbonyl (C=O) groups excluding carboxylic acids is 2. The van der Waals surface area contributed by atoms with E-state index in [2.05, 4.69) is 10.7 Å². The van der Waals surface area contributed by atoms with Crippen molar-refractivity contribution < 1.29 is 9.59 Å². The first-order valence-corrected chi connectivity index (χ1v) is 7.06. The molecule has 0 aliphatic heterocycles. The van der Waals surface area contributed by atoms with Crippen LogP contribution < -0.4 is 16.6 Å². The first kappa shape index (κ1) is 15.7. The van der Waals surface area contributed by atoms with Crippen LogP contribution in [0.5, 0.6) is 0 Å². The molecule has 2 aromatic carbocycles. The summed E-state index contributed by atoms with van der Waals surface area (Å²) in [5.41, 5.74) is 4.29. The zero-order valence-electron chi connectivity index (χ0n) is 12.4. The Kier molecular flexibility index (Phi) is 5.27. The van der Waals surface area contributed by atoms with E-state index in [0.717, 1.165) is 5.56 Å². The summed E-state index contributed by atoms with van der Waals surface area (Å²) in [6, 6.07) is 16.5. The van der Waals surface area contributed by atoms with Gasteiger partial charge in [-0.1, -0.05) is 37.3 Å². The number of amides is 2. The van der Waals surface area contributed by atoms with Crippen LogP contribution in [0.2, 0.25) is 0 Å². The van der Waals surface area contributed by atoms with E-state index in [1.54, 1.807) is 24.3 Å². The van der Waals surface area contributed by atoms with E-state index in [9.17, 15) is 9.59 Å². The molecule has 22 heavy (non-hydrogen) atoms. The van der Waals surface area contributed by atoms with Crippen LogP contribution in [-0.2, 0) is 4.79 Å². The molecule has 1 atom stereocenters. The summed E-state index contributed by atoms with van der Waals surface area (Å²) in [5.74, 6) is 4.78. The Bertz CT molecular complexity index is 639. The van der Waals surface area contributed by atoms with Crippen LogP contribution in [0.4, 0.5) is 5.69 Å². The van der Waals surface area contributed by atoms with Gasteiger partial charge in [0.1, 0.15) is 0 Å². The standard InChI is InChI=1S/C17H19N3O2/c1-12(13-5-3-2-4-6-13)11-16(21)19-15-9-7-14(8-10-15)17(22)20-18/h2-10,12H,11,18H2,1H3,(H,19,21)(H,20,22). The monoisotopic (exact) mass is 297 g/mol. The molecular formula is C17H19N3O2. The lowest BCUT2D eigenvalue weighted by Gasteiger charge is -2.12. The van der Waals surface area contributed by atoms with E-state index in [-0.39, 0.29) is 17.7 Å². The van der Waals surface area contributed by atoms with Crippen LogP contribution in [0.3, 0.4) is 0 Å². The third-order valence-corrected chi connectivity index (χ3v) is 3.42. The van der Waals surface area contributed by atoms with Crippen molar-refractivity contribution in [3.05, 3.63) is 65.7 Å². The number of benzene rings is 2. The Morgan fingerprint density at radius 3 is 2.27 bits per heavy atom. The van der Waals surface area contributed by atoms with Crippen LogP contribution in [0.15, 0.2) is 54.6 Å². The Balaban J connectivity index is 1.93. The van der Waals surface area contributed by atoms with Crippen molar-refractivity contribution in [2.24, 2.45) is 5.84 Å². The van der Waals surface area contributed by atoms with Crippen LogP contribution in [0.25, 0.3) is 0 Å². The Morgan fingerprint density at radius 2 is 1.68 bits per heavy atom. The average Bonchev–Trinajstić information content (AvgIpc) is 2.55. The number of carbonyl (C=O) groups is 2. The van der Waals surface area contributed by atoms with Gasteiger partial charge in [-0.05, 0) is 35.7 Å². The Hall–Kier alpha value is -2.66. The fourth-order valence-corrected chi connectivity index (χ4v) is 2.18. The van der Waals surface area contributed by atoms with Crippen molar-refractivity contribution in [2.75, 3.05) is 5.32 Å². The average molecular weight is 297 g/mol. The number of nitrogens with two attached hydrogens (primary N) is 1. The lowest BCUT2D eigenvalue weighted by atomic mass is 9.97. The normalized spacial score (nSPS) is 11.5. The molecule has 5 nitrogen and oxygen atoms in total. The lowest BCUT2D eigenvalue weighted by Crippen LogP contribution is -2.29. The largest absolute Gasteiger partial charge is 0.326 e. The van der Waals surface area contributed by atoms with Gasteiger partial charge in [-0.25, -0.2) is 5.84 Å². The number of nitrogen functional groups attached to an aromatic ring is 1. The maximum Gasteiger partial charge on any atom is 0.265 e. The summed E-state index contributed by atoms with van der Waals surface area (Å²) in [4.78, 5) is 23.4. The van der Waals surface area contributed by atoms with Crippen LogP contribution in [0, 0.1) is 0 Å². The van der Waals surface area contributed by atoms with Crippen LogP contribution >= 0.6 is 0 Å². The number of hydrazine groups is 1. The molecule has 2 amide bonds. The minimum Gasteiger partial charge on any atom is -0.326 e. The molecule has 5 heteroatoms. The van der Waals surface area contributed by atoms with Crippen molar-refractivity contribution in [3.63, 3.8) is 0 Å². The second-order valence-electron chi connectivity index (χ2n) is 5.11. The highest BCUT2D eigenvalue weighted by molar-refractivity contribution is 5.95. The molecule has 0 radical (unpaired) electrons. The van der Waals surface area contributed by atoms with Gasteiger partial charge in [0.15, 0.2) is 0 Å². The van der Waals surface area contributed by atoms with Gasteiger partial charge >= 0.3 is 0 Å². The number of hydrogen-bond donors (Lipinski definition) is 3. The van der Waals surface area contributed by atoms with E-state index < -0.39 is 0 Å². The van der Waals surface area contributed by atoms with Crippen molar-refractivity contribution >= 4 is 17.5 Å². The second kappa shape index (κ2) is 7.38. The van der Waals surface area contributed by atoms with Crippen molar-refractivity contribution in [2.45, 2.75) is 19.3 Å². The van der Waals surface area contributed by atoms with E-state index >= 15 is 0 Å². The fraction of sp³-hybridized carbons (Fsp3) is 0.176. The number of anilines is 1. The predicted molar refractivity (Wildman–Crippen MR) is 86.2 cm³/mol. The molecule has 0 heterocycles. The van der Waals surface area contributed by atoms with Gasteiger partial charge in [0.05, 0.1) is 0 Å². The second-order valence-corrected chi connectivity index (χ2v) is 5.11. The van der Waals surface area contributed by atoms with Gasteiger partial charge in [-0.15, -0.1) is 0 Å². The minimum atomic E-state index is -0.365. The minimum absolute atomic E-state index is 0.0626. The van der Waals surface area contributed by atoms with Crippen LogP contribution in [-0.4, -0.2) is 11.8 Å². The van der Waals surface area contributed by atoms with Gasteiger partial charge in [0.2, 0.25) is 5.91 Å². The number of nitrogens with one attached hydrogen (secondary N) is 2. The molecule has 0 saturated heterocycles. The molecule has 0 fully saturated rings. The highest BCUT2D eigenvalue weighted by atomic mass is 16.2. The molecule has 2 aromatic rings. The number of hydrogen-bond acceptors (Lipinski definition) is 3. The quantitative estimate of drug-likeness (QED) is 0.450. The highest BCUT2D eigenvalue weighted by Crippen LogP contribution is 2.19. The topological polar surface area (TPSA) is 84.2 Å². The number of rotatable bonds is 5. The lowest BCUT2D eigenvalue weighted by molar-refractivity contribution is -0.116. The predicted octanol–water partition coefficient (Wildman–Crippen LogP) is 2.42. The summed E-state index contributed by atoms with van der Waals surface area (Å²) in [6.07, 6.45) is 0.398. The Morgan fingerprint density at radius 1 is 1.05 bits per heavy atom. The summed E-state index contributed by atoms with van der Waals surface area (Å²) >= 11 is 0. The molecule has 0 aromatic heterocycles. The highest BCUT2D eigenvalue weighted by Gasteiger charge is 2.11. The van der Waals surface area contributed by atoms with Gasteiger partial charge in [-0.3, -0.25) is 15.0 Å². The third-order valence-electron chi connectivity index (χ3n) is 3.42. The maximum atomic E-state index is 12.1. The van der Waals surface area contributed by atoms with Gasteiger partial charge < -0.3 is 5.32 Å². The molecule has 4 N–H and O–H groups in total. The third kappa shape index (κ3) is 4.17. The van der Waals surface area contributed by atoms with E-state index in [1.165, 1.54) is 0 Å². The molecular weight excluding hydrogens is 278 g/mol. The zero-order valence-corrected chi connectivity index (χ0v) is 12.4. The van der Waals surface area contributed by atoms with E-state index in [0.29, 0.717) is 17.7 Å². The molecule has 1 unspecified atom stereocenters. The van der Waals surface area contributed by atoms with Crippen molar-refractivity contribution in [1.29, 1.82) is 0 Å². The molecule has 0 aliphatic rings. The maximum absolute atomic E-state index is 12.1. The molecule has 2 rings (SSSR count).